The third-order valence-electron chi connectivity index (χ3n) is 7.45. The molecule has 8 nitrogen and oxygen atoms in total. The van der Waals surface area contributed by atoms with Gasteiger partial charge in [-0.25, -0.2) is 0 Å². The molecule has 0 aliphatic carbocycles. The molecule has 1 aromatic rings. The Morgan fingerprint density at radius 1 is 1.37 bits per heavy atom. The number of halogens is 1. The number of aliphatic hydroxyl groups excluding tert-OH is 1. The standard InChI is InChI=1S/C26H33BrN2O6/c1-5-12-28(15(3)4)24(32)22-26-13-17(27)21(35-26)19(25(33)34-6-2)20(26)23(31)29(22)18(14-30)16-10-8-7-9-11-16/h5,7-11,15,17-22,30H,1,6,12-14H2,2-4H3/t17?,18-,19+,20-,21+,22+,26-/m1/s1. The van der Waals surface area contributed by atoms with Gasteiger partial charge in [0.2, 0.25) is 11.8 Å². The van der Waals surface area contributed by atoms with Gasteiger partial charge in [0.15, 0.2) is 0 Å². The van der Waals surface area contributed by atoms with Crippen LogP contribution in [0.3, 0.4) is 0 Å². The first-order valence-corrected chi connectivity index (χ1v) is 13.0. The third kappa shape index (κ3) is 4.01. The van der Waals surface area contributed by atoms with Crippen molar-refractivity contribution in [3.8, 4) is 0 Å². The number of likely N-dealkylation sites (tertiary alicyclic amines) is 1. The molecule has 3 saturated heterocycles. The van der Waals surface area contributed by atoms with Crippen molar-refractivity contribution in [1.82, 2.24) is 9.80 Å². The zero-order valence-corrected chi connectivity index (χ0v) is 21.9. The number of fused-ring (bicyclic) bond motifs is 1. The number of aliphatic hydroxyl groups is 1. The first-order valence-electron chi connectivity index (χ1n) is 12.1. The highest BCUT2D eigenvalue weighted by Crippen LogP contribution is 2.61. The van der Waals surface area contributed by atoms with E-state index in [1.54, 1.807) is 17.9 Å². The van der Waals surface area contributed by atoms with Crippen LogP contribution in [-0.2, 0) is 23.9 Å². The van der Waals surface area contributed by atoms with Crippen LogP contribution in [0.5, 0.6) is 0 Å². The second kappa shape index (κ2) is 10.0. The summed E-state index contributed by atoms with van der Waals surface area (Å²) >= 11 is 3.65. The summed E-state index contributed by atoms with van der Waals surface area (Å²) in [7, 11) is 0. The average molecular weight is 549 g/mol. The van der Waals surface area contributed by atoms with Crippen LogP contribution >= 0.6 is 15.9 Å². The molecule has 4 rings (SSSR count). The van der Waals surface area contributed by atoms with E-state index in [4.69, 9.17) is 9.47 Å². The Morgan fingerprint density at radius 2 is 2.06 bits per heavy atom. The van der Waals surface area contributed by atoms with Crippen LogP contribution < -0.4 is 0 Å². The number of hydrogen-bond donors (Lipinski definition) is 1. The highest BCUT2D eigenvalue weighted by molar-refractivity contribution is 9.09. The number of ether oxygens (including phenoxy) is 2. The van der Waals surface area contributed by atoms with Crippen LogP contribution in [0.4, 0.5) is 0 Å². The van der Waals surface area contributed by atoms with Crippen molar-refractivity contribution in [2.24, 2.45) is 11.8 Å². The lowest BCUT2D eigenvalue weighted by Gasteiger charge is -2.40. The van der Waals surface area contributed by atoms with Crippen molar-refractivity contribution >= 4 is 33.7 Å². The number of amides is 2. The predicted octanol–water partition coefficient (Wildman–Crippen LogP) is 2.45. The van der Waals surface area contributed by atoms with Gasteiger partial charge in [-0.3, -0.25) is 14.4 Å². The van der Waals surface area contributed by atoms with Crippen LogP contribution in [0.1, 0.15) is 38.8 Å². The topological polar surface area (TPSA) is 96.4 Å². The molecular weight excluding hydrogens is 516 g/mol. The number of benzene rings is 1. The summed E-state index contributed by atoms with van der Waals surface area (Å²) in [5, 5.41) is 10.5. The molecule has 2 amide bonds. The molecule has 1 unspecified atom stereocenters. The molecule has 3 aliphatic heterocycles. The largest absolute Gasteiger partial charge is 0.466 e. The van der Waals surface area contributed by atoms with E-state index in [1.165, 1.54) is 4.90 Å². The van der Waals surface area contributed by atoms with Gasteiger partial charge in [-0.2, -0.15) is 0 Å². The van der Waals surface area contributed by atoms with Crippen LogP contribution in [0.25, 0.3) is 0 Å². The second-order valence-electron chi connectivity index (χ2n) is 9.64. The minimum atomic E-state index is -1.21. The Labute approximate surface area is 214 Å². The summed E-state index contributed by atoms with van der Waals surface area (Å²) in [6.45, 7) is 9.41. The monoisotopic (exact) mass is 548 g/mol. The molecule has 190 valence electrons. The Bertz CT molecular complexity index is 987. The van der Waals surface area contributed by atoms with Crippen molar-refractivity contribution in [2.75, 3.05) is 19.8 Å². The van der Waals surface area contributed by atoms with E-state index in [1.807, 2.05) is 44.2 Å². The second-order valence-corrected chi connectivity index (χ2v) is 10.8. The molecule has 3 fully saturated rings. The molecule has 7 atom stereocenters. The Hall–Kier alpha value is -2.23. The SMILES string of the molecule is C=CCN(C(=O)[C@@H]1N([C@H](CO)c2ccccc2)C(=O)[C@H]2[C@H](C(=O)OCC)[C@H]3O[C@@]12CC3Br)C(C)C. The molecule has 1 aromatic carbocycles. The van der Waals surface area contributed by atoms with Gasteiger partial charge in [-0.1, -0.05) is 52.3 Å². The van der Waals surface area contributed by atoms with Gasteiger partial charge in [0, 0.05) is 17.4 Å². The molecule has 0 saturated carbocycles. The number of hydrogen-bond acceptors (Lipinski definition) is 6. The zero-order valence-electron chi connectivity index (χ0n) is 20.3. The number of esters is 1. The molecule has 2 bridgehead atoms. The summed E-state index contributed by atoms with van der Waals surface area (Å²) in [6.07, 6.45) is 1.47. The van der Waals surface area contributed by atoms with Crippen molar-refractivity contribution in [1.29, 1.82) is 0 Å². The maximum Gasteiger partial charge on any atom is 0.312 e. The summed E-state index contributed by atoms with van der Waals surface area (Å²) in [4.78, 5) is 44.3. The van der Waals surface area contributed by atoms with Gasteiger partial charge in [0.1, 0.15) is 11.6 Å². The summed E-state index contributed by atoms with van der Waals surface area (Å²) in [5.41, 5.74) is -0.504. The quantitative estimate of drug-likeness (QED) is 0.289. The van der Waals surface area contributed by atoms with E-state index < -0.39 is 41.6 Å². The van der Waals surface area contributed by atoms with E-state index in [-0.39, 0.29) is 35.9 Å². The number of nitrogens with zero attached hydrogens (tertiary/aromatic N) is 2. The van der Waals surface area contributed by atoms with Crippen molar-refractivity contribution < 1.29 is 29.0 Å². The highest BCUT2D eigenvalue weighted by Gasteiger charge is 2.77. The lowest BCUT2D eigenvalue weighted by Crippen LogP contribution is -2.58. The Balaban J connectivity index is 1.87. The molecule has 1 N–H and O–H groups in total. The van der Waals surface area contributed by atoms with Crippen molar-refractivity contribution in [3.63, 3.8) is 0 Å². The molecule has 9 heteroatoms. The maximum atomic E-state index is 14.2. The smallest absolute Gasteiger partial charge is 0.312 e. The molecule has 1 spiro atoms. The Kier molecular flexibility index (Phi) is 7.41. The van der Waals surface area contributed by atoms with Gasteiger partial charge in [0.05, 0.1) is 37.2 Å². The number of rotatable bonds is 9. The van der Waals surface area contributed by atoms with Gasteiger partial charge in [0.25, 0.3) is 0 Å². The third-order valence-corrected chi connectivity index (χ3v) is 8.29. The lowest BCUT2D eigenvalue weighted by molar-refractivity contribution is -0.156. The van der Waals surface area contributed by atoms with E-state index >= 15 is 0 Å². The van der Waals surface area contributed by atoms with Gasteiger partial charge in [-0.05, 0) is 32.8 Å². The molecule has 0 radical (unpaired) electrons. The van der Waals surface area contributed by atoms with Crippen LogP contribution in [0.15, 0.2) is 43.0 Å². The first-order chi connectivity index (χ1) is 16.7. The highest BCUT2D eigenvalue weighted by atomic mass is 79.9. The number of carbonyl (C=O) groups excluding carboxylic acids is 3. The van der Waals surface area contributed by atoms with Gasteiger partial charge < -0.3 is 24.4 Å². The first kappa shape index (κ1) is 25.9. The number of carbonyl (C=O) groups is 3. The summed E-state index contributed by atoms with van der Waals surface area (Å²) in [6, 6.07) is 7.20. The lowest BCUT2D eigenvalue weighted by atomic mass is 9.70. The molecule has 3 heterocycles. The van der Waals surface area contributed by atoms with E-state index in [0.29, 0.717) is 18.5 Å². The fourth-order valence-electron chi connectivity index (χ4n) is 6.07. The molecule has 35 heavy (non-hydrogen) atoms. The fraction of sp³-hybridized carbons (Fsp3) is 0.577. The average Bonchev–Trinajstić information content (AvgIpc) is 3.42. The molecule has 3 aliphatic rings. The van der Waals surface area contributed by atoms with Gasteiger partial charge >= 0.3 is 5.97 Å². The molecule has 0 aromatic heterocycles. The van der Waals surface area contributed by atoms with Crippen LogP contribution in [0, 0.1) is 11.8 Å². The summed E-state index contributed by atoms with van der Waals surface area (Å²) < 4.78 is 11.8. The van der Waals surface area contributed by atoms with E-state index in [2.05, 4.69) is 22.5 Å². The summed E-state index contributed by atoms with van der Waals surface area (Å²) in [5.74, 6) is -2.85. The normalized spacial score (nSPS) is 32.0. The zero-order chi connectivity index (χ0) is 25.5. The Morgan fingerprint density at radius 3 is 2.63 bits per heavy atom. The van der Waals surface area contributed by atoms with Crippen LogP contribution in [-0.4, -0.2) is 81.1 Å². The minimum absolute atomic E-state index is 0.156. The van der Waals surface area contributed by atoms with Crippen molar-refractivity contribution in [2.45, 2.75) is 61.8 Å². The minimum Gasteiger partial charge on any atom is -0.466 e. The van der Waals surface area contributed by atoms with E-state index in [9.17, 15) is 19.5 Å². The van der Waals surface area contributed by atoms with Crippen molar-refractivity contribution in [3.05, 3.63) is 48.6 Å². The molecular formula is C26H33BrN2O6. The van der Waals surface area contributed by atoms with Crippen LogP contribution in [0.2, 0.25) is 0 Å². The van der Waals surface area contributed by atoms with E-state index in [0.717, 1.165) is 0 Å². The predicted molar refractivity (Wildman–Crippen MR) is 132 cm³/mol. The fourth-order valence-corrected chi connectivity index (χ4v) is 7.01. The number of alkyl halides is 1. The van der Waals surface area contributed by atoms with Gasteiger partial charge in [-0.15, -0.1) is 6.58 Å². The maximum absolute atomic E-state index is 14.2.